The van der Waals surface area contributed by atoms with E-state index in [0.717, 1.165) is 0 Å². The third kappa shape index (κ3) is 2.07. The molecule has 0 aliphatic carbocycles. The highest BCUT2D eigenvalue weighted by atomic mass is 16.6. The molecular weight excluding hydrogens is 248 g/mol. The number of hydrogen-bond donors (Lipinski definition) is 1. The zero-order chi connectivity index (χ0) is 14.3. The largest absolute Gasteiger partial charge is 0.506 e. The minimum absolute atomic E-state index is 0.103. The van der Waals surface area contributed by atoms with E-state index in [0.29, 0.717) is 22.7 Å². The van der Waals surface area contributed by atoms with E-state index in [-0.39, 0.29) is 16.9 Å². The average molecular weight is 262 g/mol. The molecule has 1 aromatic rings. The first-order valence-electron chi connectivity index (χ1n) is 5.78. The minimum atomic E-state index is -0.836. The van der Waals surface area contributed by atoms with Crippen LogP contribution in [0.25, 0.3) is 5.76 Å². The van der Waals surface area contributed by atoms with Crippen molar-refractivity contribution in [2.45, 2.75) is 27.7 Å². The fraction of sp³-hybridized carbons (Fsp3) is 0.286. The van der Waals surface area contributed by atoms with Crippen molar-refractivity contribution in [1.82, 2.24) is 0 Å². The molecule has 0 atom stereocenters. The normalized spacial score (nSPS) is 17.8. The number of carbonyl (C=O) groups excluding carboxylic acids is 2. The Morgan fingerprint density at radius 2 is 1.68 bits per heavy atom. The van der Waals surface area contributed by atoms with Gasteiger partial charge in [0.25, 0.3) is 0 Å². The molecule has 2 rings (SSSR count). The van der Waals surface area contributed by atoms with Crippen molar-refractivity contribution in [2.75, 3.05) is 0 Å². The SMILES string of the molecule is CC(C)=C1C(=O)OC(=O)/C1=C(/O)c1cc(C)oc1C. The molecular formula is C14H14O5. The summed E-state index contributed by atoms with van der Waals surface area (Å²) in [5.41, 5.74) is 1.00. The van der Waals surface area contributed by atoms with E-state index in [1.54, 1.807) is 33.8 Å². The fourth-order valence-corrected chi connectivity index (χ4v) is 2.06. The number of rotatable bonds is 1. The number of carbonyl (C=O) groups is 2. The minimum Gasteiger partial charge on any atom is -0.506 e. The maximum Gasteiger partial charge on any atom is 0.350 e. The zero-order valence-electron chi connectivity index (χ0n) is 11.2. The van der Waals surface area contributed by atoms with Gasteiger partial charge in [-0.3, -0.25) is 0 Å². The van der Waals surface area contributed by atoms with Crippen LogP contribution in [0.2, 0.25) is 0 Å². The Balaban J connectivity index is 2.69. The second kappa shape index (κ2) is 4.42. The molecule has 1 saturated heterocycles. The molecule has 2 heterocycles. The Hall–Kier alpha value is -2.30. The summed E-state index contributed by atoms with van der Waals surface area (Å²) in [6.07, 6.45) is 0. The highest BCUT2D eigenvalue weighted by Crippen LogP contribution is 2.33. The van der Waals surface area contributed by atoms with E-state index in [4.69, 9.17) is 4.42 Å². The van der Waals surface area contributed by atoms with Gasteiger partial charge in [-0.25, -0.2) is 9.59 Å². The average Bonchev–Trinajstić information content (AvgIpc) is 2.77. The first kappa shape index (κ1) is 13.1. The summed E-state index contributed by atoms with van der Waals surface area (Å²) in [5, 5.41) is 10.3. The van der Waals surface area contributed by atoms with Gasteiger partial charge in [0.2, 0.25) is 0 Å². The molecule has 0 bridgehead atoms. The van der Waals surface area contributed by atoms with Gasteiger partial charge < -0.3 is 14.3 Å². The standard InChI is InChI=1S/C14H14O5/c1-6(2)10-11(14(17)19-13(10)16)12(15)9-5-7(3)18-8(9)4/h5,15H,1-4H3/b12-11+. The molecule has 0 unspecified atom stereocenters. The predicted octanol–water partition coefficient (Wildman–Crippen LogP) is 2.59. The lowest BCUT2D eigenvalue weighted by atomic mass is 10.00. The maximum absolute atomic E-state index is 11.7. The maximum atomic E-state index is 11.7. The lowest BCUT2D eigenvalue weighted by Gasteiger charge is -2.02. The van der Waals surface area contributed by atoms with Gasteiger partial charge in [0.05, 0.1) is 11.1 Å². The second-order valence-electron chi connectivity index (χ2n) is 4.60. The molecule has 19 heavy (non-hydrogen) atoms. The molecule has 1 aromatic heterocycles. The first-order chi connectivity index (χ1) is 8.82. The molecule has 100 valence electrons. The van der Waals surface area contributed by atoms with Gasteiger partial charge >= 0.3 is 11.9 Å². The van der Waals surface area contributed by atoms with E-state index in [1.807, 2.05) is 0 Å². The molecule has 5 nitrogen and oxygen atoms in total. The van der Waals surface area contributed by atoms with Crippen LogP contribution in [-0.2, 0) is 14.3 Å². The van der Waals surface area contributed by atoms with Crippen LogP contribution in [0.1, 0.15) is 30.9 Å². The molecule has 1 N–H and O–H groups in total. The Morgan fingerprint density at radius 3 is 2.16 bits per heavy atom. The fourth-order valence-electron chi connectivity index (χ4n) is 2.06. The van der Waals surface area contributed by atoms with Gasteiger partial charge in [0.15, 0.2) is 0 Å². The number of hydrogen-bond acceptors (Lipinski definition) is 5. The quantitative estimate of drug-likeness (QED) is 0.364. The summed E-state index contributed by atoms with van der Waals surface area (Å²) in [7, 11) is 0. The van der Waals surface area contributed by atoms with Crippen molar-refractivity contribution < 1.29 is 23.8 Å². The highest BCUT2D eigenvalue weighted by molar-refractivity contribution is 6.21. The lowest BCUT2D eigenvalue weighted by Crippen LogP contribution is -2.01. The van der Waals surface area contributed by atoms with Gasteiger partial charge in [-0.1, -0.05) is 5.57 Å². The Morgan fingerprint density at radius 1 is 1.11 bits per heavy atom. The molecule has 5 heteroatoms. The van der Waals surface area contributed by atoms with E-state index in [1.165, 1.54) is 0 Å². The Labute approximate surface area is 110 Å². The van der Waals surface area contributed by atoms with Crippen LogP contribution in [0.5, 0.6) is 0 Å². The summed E-state index contributed by atoms with van der Waals surface area (Å²) < 4.78 is 9.86. The van der Waals surface area contributed by atoms with Crippen LogP contribution in [-0.4, -0.2) is 17.0 Å². The van der Waals surface area contributed by atoms with Crippen molar-refractivity contribution in [3.63, 3.8) is 0 Å². The van der Waals surface area contributed by atoms with E-state index < -0.39 is 11.9 Å². The number of aryl methyl sites for hydroxylation is 2. The highest BCUT2D eigenvalue weighted by Gasteiger charge is 2.38. The van der Waals surface area contributed by atoms with Crippen molar-refractivity contribution >= 4 is 17.7 Å². The van der Waals surface area contributed by atoms with Gasteiger partial charge in [-0.05, 0) is 33.8 Å². The van der Waals surface area contributed by atoms with Crippen LogP contribution < -0.4 is 0 Å². The van der Waals surface area contributed by atoms with Crippen molar-refractivity contribution in [3.05, 3.63) is 39.9 Å². The van der Waals surface area contributed by atoms with Crippen LogP contribution >= 0.6 is 0 Å². The molecule has 1 fully saturated rings. The monoisotopic (exact) mass is 262 g/mol. The number of aliphatic hydroxyl groups is 1. The topological polar surface area (TPSA) is 76.7 Å². The number of esters is 2. The van der Waals surface area contributed by atoms with Crippen molar-refractivity contribution in [1.29, 1.82) is 0 Å². The van der Waals surface area contributed by atoms with Gasteiger partial charge in [-0.15, -0.1) is 0 Å². The summed E-state index contributed by atoms with van der Waals surface area (Å²) >= 11 is 0. The predicted molar refractivity (Wildman–Crippen MR) is 67.2 cm³/mol. The van der Waals surface area contributed by atoms with E-state index in [9.17, 15) is 14.7 Å². The molecule has 0 radical (unpaired) electrons. The van der Waals surface area contributed by atoms with Crippen LogP contribution in [0, 0.1) is 13.8 Å². The van der Waals surface area contributed by atoms with Gasteiger partial charge in [-0.2, -0.15) is 0 Å². The lowest BCUT2D eigenvalue weighted by molar-refractivity contribution is -0.149. The zero-order valence-corrected chi connectivity index (χ0v) is 11.2. The van der Waals surface area contributed by atoms with Crippen molar-refractivity contribution in [2.24, 2.45) is 0 Å². The molecule has 0 amide bonds. The summed E-state index contributed by atoms with van der Waals surface area (Å²) in [6, 6.07) is 1.61. The molecule has 0 spiro atoms. The second-order valence-corrected chi connectivity index (χ2v) is 4.60. The first-order valence-corrected chi connectivity index (χ1v) is 5.78. The van der Waals surface area contributed by atoms with E-state index in [2.05, 4.69) is 4.74 Å². The summed E-state index contributed by atoms with van der Waals surface area (Å²) in [6.45, 7) is 6.75. The smallest absolute Gasteiger partial charge is 0.350 e. The van der Waals surface area contributed by atoms with Crippen LogP contribution in [0.15, 0.2) is 27.2 Å². The molecule has 1 aliphatic rings. The molecule has 0 aromatic carbocycles. The van der Waals surface area contributed by atoms with Crippen molar-refractivity contribution in [3.8, 4) is 0 Å². The van der Waals surface area contributed by atoms with E-state index >= 15 is 0 Å². The van der Waals surface area contributed by atoms with Gasteiger partial charge in [0, 0.05) is 0 Å². The number of aliphatic hydroxyl groups excluding tert-OH is 1. The number of cyclic esters (lactones) is 2. The third-order valence-electron chi connectivity index (χ3n) is 2.88. The number of furan rings is 1. The molecule has 0 saturated carbocycles. The number of ether oxygens (including phenoxy) is 1. The van der Waals surface area contributed by atoms with Crippen LogP contribution in [0.3, 0.4) is 0 Å². The summed E-state index contributed by atoms with van der Waals surface area (Å²) in [5.74, 6) is -0.776. The summed E-state index contributed by atoms with van der Waals surface area (Å²) in [4.78, 5) is 23.3. The van der Waals surface area contributed by atoms with Crippen LogP contribution in [0.4, 0.5) is 0 Å². The third-order valence-corrected chi connectivity index (χ3v) is 2.88. The Bertz CT molecular complexity index is 639. The number of allylic oxidation sites excluding steroid dienone is 1. The Kier molecular flexibility index (Phi) is 3.06. The molecule has 1 aliphatic heterocycles. The van der Waals surface area contributed by atoms with Gasteiger partial charge in [0.1, 0.15) is 22.9 Å².